The monoisotopic (exact) mass is 614 g/mol. The summed E-state index contributed by atoms with van der Waals surface area (Å²) in [6.45, 7) is 0.158. The number of imide groups is 1. The van der Waals surface area contributed by atoms with E-state index in [1.54, 1.807) is 30.3 Å². The number of hydrogen-bond donors (Lipinski definition) is 0. The number of carbonyl (C=O) groups excluding carboxylic acids is 2. The van der Waals surface area contributed by atoms with Gasteiger partial charge in [0.25, 0.3) is 5.91 Å². The lowest BCUT2D eigenvalue weighted by Crippen LogP contribution is -2.46. The second-order valence-electron chi connectivity index (χ2n) is 9.25. The third-order valence-electron chi connectivity index (χ3n) is 6.92. The number of anilines is 1. The average molecular weight is 615 g/mol. The molecule has 0 spiro atoms. The Labute approximate surface area is 225 Å². The summed E-state index contributed by atoms with van der Waals surface area (Å²) in [5.41, 5.74) is 1.68. The van der Waals surface area contributed by atoms with Crippen LogP contribution in [0.3, 0.4) is 0 Å². The highest BCUT2D eigenvalue weighted by molar-refractivity contribution is 14.1. The topological polar surface area (TPSA) is 74.8 Å². The normalized spacial score (nSPS) is 18.8. The average Bonchev–Trinajstić information content (AvgIpc) is 3.18. The largest absolute Gasteiger partial charge is 0.274 e. The first-order valence-electron chi connectivity index (χ1n) is 12.2. The molecule has 2 aliphatic rings. The summed E-state index contributed by atoms with van der Waals surface area (Å²) < 4.78 is 30.2. The van der Waals surface area contributed by atoms with E-state index in [2.05, 4.69) is 28.7 Å². The summed E-state index contributed by atoms with van der Waals surface area (Å²) in [6, 6.07) is 18.6. The van der Waals surface area contributed by atoms with E-state index >= 15 is 0 Å². The highest BCUT2D eigenvalue weighted by atomic mass is 127. The Morgan fingerprint density at radius 1 is 0.944 bits per heavy atom. The van der Waals surface area contributed by atoms with Crippen molar-refractivity contribution in [1.82, 2.24) is 4.31 Å². The van der Waals surface area contributed by atoms with Crippen molar-refractivity contribution < 1.29 is 18.0 Å². The van der Waals surface area contributed by atoms with E-state index in [9.17, 15) is 18.0 Å². The van der Waals surface area contributed by atoms with Gasteiger partial charge in [0.1, 0.15) is 6.04 Å². The molecule has 1 fully saturated rings. The lowest BCUT2D eigenvalue weighted by Gasteiger charge is -2.28. The van der Waals surface area contributed by atoms with E-state index in [4.69, 9.17) is 0 Å². The van der Waals surface area contributed by atoms with E-state index < -0.39 is 22.0 Å². The molecule has 1 unspecified atom stereocenters. The minimum absolute atomic E-state index is 0.131. The number of allylic oxidation sites excluding steroid dienone is 1. The Balaban J connectivity index is 1.51. The first-order valence-corrected chi connectivity index (χ1v) is 14.7. The van der Waals surface area contributed by atoms with Crippen LogP contribution in [0.2, 0.25) is 0 Å². The summed E-state index contributed by atoms with van der Waals surface area (Å²) in [6.07, 6.45) is 6.73. The molecule has 8 heteroatoms. The van der Waals surface area contributed by atoms with Gasteiger partial charge in [-0.25, -0.2) is 13.3 Å². The van der Waals surface area contributed by atoms with Crippen LogP contribution in [0.25, 0.3) is 10.8 Å². The van der Waals surface area contributed by atoms with Crippen LogP contribution in [0.15, 0.2) is 83.3 Å². The number of carbonyl (C=O) groups is 2. The fourth-order valence-corrected chi connectivity index (χ4v) is 6.97. The Morgan fingerprint density at radius 2 is 1.69 bits per heavy atom. The van der Waals surface area contributed by atoms with Crippen LogP contribution in [0.1, 0.15) is 38.5 Å². The molecule has 1 aliphatic carbocycles. The molecule has 36 heavy (non-hydrogen) atoms. The number of amides is 2. The zero-order valence-electron chi connectivity index (χ0n) is 19.8. The highest BCUT2D eigenvalue weighted by Gasteiger charge is 2.46. The molecule has 1 heterocycles. The highest BCUT2D eigenvalue weighted by Crippen LogP contribution is 2.32. The molecule has 0 aromatic heterocycles. The minimum Gasteiger partial charge on any atom is -0.274 e. The Morgan fingerprint density at radius 3 is 2.42 bits per heavy atom. The SMILES string of the molecule is O=C1CC(N(CCC2=CCCCC2)S(=O)(=O)c2ccc3ccccc3c2)C(=O)N1c1ccc(I)cc1. The fraction of sp³-hybridized carbons (Fsp3) is 0.286. The first kappa shape index (κ1) is 25.1. The summed E-state index contributed by atoms with van der Waals surface area (Å²) in [5, 5.41) is 1.75. The summed E-state index contributed by atoms with van der Waals surface area (Å²) in [4.78, 5) is 27.8. The number of hydrogen-bond acceptors (Lipinski definition) is 4. The van der Waals surface area contributed by atoms with Crippen molar-refractivity contribution in [2.75, 3.05) is 11.4 Å². The van der Waals surface area contributed by atoms with Gasteiger partial charge in [0.05, 0.1) is 17.0 Å². The van der Waals surface area contributed by atoms with Crippen molar-refractivity contribution in [3.05, 3.63) is 81.9 Å². The molecule has 3 aromatic carbocycles. The maximum atomic E-state index is 14.0. The van der Waals surface area contributed by atoms with Crippen molar-refractivity contribution in [1.29, 1.82) is 0 Å². The molecular formula is C28H27IN2O4S. The van der Waals surface area contributed by atoms with Gasteiger partial charge in [-0.05, 0) is 102 Å². The van der Waals surface area contributed by atoms with Gasteiger partial charge in [0.15, 0.2) is 0 Å². The van der Waals surface area contributed by atoms with Gasteiger partial charge in [0, 0.05) is 10.1 Å². The van der Waals surface area contributed by atoms with Gasteiger partial charge in [-0.15, -0.1) is 0 Å². The van der Waals surface area contributed by atoms with Crippen LogP contribution in [-0.2, 0) is 19.6 Å². The molecular weight excluding hydrogens is 587 g/mol. The van der Waals surface area contributed by atoms with Crippen molar-refractivity contribution >= 4 is 60.9 Å². The third-order valence-corrected chi connectivity index (χ3v) is 9.54. The zero-order valence-corrected chi connectivity index (χ0v) is 22.7. The van der Waals surface area contributed by atoms with Gasteiger partial charge < -0.3 is 0 Å². The quantitative estimate of drug-likeness (QED) is 0.196. The number of nitrogens with zero attached hydrogens (tertiary/aromatic N) is 2. The second-order valence-corrected chi connectivity index (χ2v) is 12.4. The van der Waals surface area contributed by atoms with Crippen molar-refractivity contribution in [3.8, 4) is 0 Å². The van der Waals surface area contributed by atoms with E-state index in [-0.39, 0.29) is 23.8 Å². The maximum Gasteiger partial charge on any atom is 0.252 e. The Bertz CT molecular complexity index is 1450. The van der Waals surface area contributed by atoms with Crippen LogP contribution in [0.4, 0.5) is 5.69 Å². The summed E-state index contributed by atoms with van der Waals surface area (Å²) in [7, 11) is -4.04. The van der Waals surface area contributed by atoms with Crippen molar-refractivity contribution in [2.45, 2.75) is 49.5 Å². The van der Waals surface area contributed by atoms with E-state index in [0.717, 1.165) is 44.9 Å². The molecule has 0 bridgehead atoms. The molecule has 1 saturated heterocycles. The molecule has 0 radical (unpaired) electrons. The Hall–Kier alpha value is -2.56. The molecule has 2 amide bonds. The molecule has 1 aliphatic heterocycles. The van der Waals surface area contributed by atoms with E-state index in [1.165, 1.54) is 9.88 Å². The molecule has 5 rings (SSSR count). The fourth-order valence-electron chi connectivity index (χ4n) is 4.99. The predicted octanol–water partition coefficient (Wildman–Crippen LogP) is 5.66. The standard InChI is InChI=1S/C28H27IN2O4S/c29-23-11-13-24(14-12-23)31-27(32)19-26(28(31)33)30(17-16-20-6-2-1-3-7-20)36(34,35)25-15-10-21-8-4-5-9-22(21)18-25/h4-6,8-15,18,26H,1-3,7,16-17,19H2. The summed E-state index contributed by atoms with van der Waals surface area (Å²) in [5.74, 6) is -0.884. The third kappa shape index (κ3) is 4.99. The molecule has 186 valence electrons. The van der Waals surface area contributed by atoms with Gasteiger partial charge >= 0.3 is 0 Å². The maximum absolute atomic E-state index is 14.0. The van der Waals surface area contributed by atoms with Gasteiger partial charge in [0.2, 0.25) is 15.9 Å². The van der Waals surface area contributed by atoms with Crippen LogP contribution in [0.5, 0.6) is 0 Å². The van der Waals surface area contributed by atoms with E-state index in [1.807, 2.05) is 36.4 Å². The lowest BCUT2D eigenvalue weighted by atomic mass is 9.97. The first-order chi connectivity index (χ1) is 17.3. The molecule has 3 aromatic rings. The molecule has 0 N–H and O–H groups in total. The smallest absolute Gasteiger partial charge is 0.252 e. The Kier molecular flexibility index (Phi) is 7.28. The second kappa shape index (κ2) is 10.4. The van der Waals surface area contributed by atoms with Gasteiger partial charge in [-0.2, -0.15) is 4.31 Å². The number of rotatable bonds is 7. The predicted molar refractivity (Wildman–Crippen MR) is 149 cm³/mol. The van der Waals surface area contributed by atoms with Crippen LogP contribution in [-0.4, -0.2) is 37.1 Å². The van der Waals surface area contributed by atoms with Crippen molar-refractivity contribution in [3.63, 3.8) is 0 Å². The number of halogens is 1. The van der Waals surface area contributed by atoms with Crippen molar-refractivity contribution in [2.24, 2.45) is 0 Å². The lowest BCUT2D eigenvalue weighted by molar-refractivity contribution is -0.122. The van der Waals surface area contributed by atoms with Gasteiger partial charge in [-0.3, -0.25) is 9.59 Å². The zero-order chi connectivity index (χ0) is 25.3. The number of fused-ring (bicyclic) bond motifs is 1. The van der Waals surface area contributed by atoms with Crippen LogP contribution in [0, 0.1) is 3.57 Å². The molecule has 0 saturated carbocycles. The molecule has 6 nitrogen and oxygen atoms in total. The number of sulfonamides is 1. The minimum atomic E-state index is -4.04. The summed E-state index contributed by atoms with van der Waals surface area (Å²) >= 11 is 2.16. The molecule has 1 atom stereocenters. The van der Waals surface area contributed by atoms with E-state index in [0.29, 0.717) is 12.1 Å². The van der Waals surface area contributed by atoms with Crippen LogP contribution >= 0.6 is 22.6 Å². The number of benzene rings is 3. The van der Waals surface area contributed by atoms with Gasteiger partial charge in [-0.1, -0.05) is 42.0 Å². The van der Waals surface area contributed by atoms with Crippen LogP contribution < -0.4 is 4.90 Å².